The van der Waals surface area contributed by atoms with Gasteiger partial charge in [-0.25, -0.2) is 4.79 Å². The summed E-state index contributed by atoms with van der Waals surface area (Å²) in [6, 6.07) is 13.0. The van der Waals surface area contributed by atoms with Crippen LogP contribution in [0.4, 0.5) is 0 Å². The van der Waals surface area contributed by atoms with Crippen LogP contribution in [0, 0.1) is 5.92 Å². The van der Waals surface area contributed by atoms with Gasteiger partial charge in [0.1, 0.15) is 11.5 Å². The summed E-state index contributed by atoms with van der Waals surface area (Å²) in [5, 5.41) is 0. The number of rotatable bonds is 6. The number of benzene rings is 2. The summed E-state index contributed by atoms with van der Waals surface area (Å²) in [6.45, 7) is 10.8. The number of carbonyl (C=O) groups is 2. The smallest absolute Gasteiger partial charge is 0.338 e. The lowest BCUT2D eigenvalue weighted by molar-refractivity contribution is -0.137. The third kappa shape index (κ3) is 4.82. The Morgan fingerprint density at radius 3 is 2.15 bits per heavy atom. The highest BCUT2D eigenvalue weighted by atomic mass is 16.5. The van der Waals surface area contributed by atoms with Gasteiger partial charge in [0, 0.05) is 5.57 Å². The van der Waals surface area contributed by atoms with E-state index in [0.29, 0.717) is 17.1 Å². The molecule has 0 aliphatic rings. The van der Waals surface area contributed by atoms with Gasteiger partial charge in [0.15, 0.2) is 0 Å². The van der Waals surface area contributed by atoms with E-state index in [-0.39, 0.29) is 11.9 Å². The van der Waals surface area contributed by atoms with Crippen molar-refractivity contribution >= 4 is 11.9 Å². The molecule has 0 bridgehead atoms. The first kappa shape index (κ1) is 19.4. The zero-order valence-electron chi connectivity index (χ0n) is 15.7. The predicted octanol–water partition coefficient (Wildman–Crippen LogP) is 4.96. The average Bonchev–Trinajstić information content (AvgIpc) is 2.62. The quantitative estimate of drug-likeness (QED) is 0.419. The molecule has 0 aliphatic heterocycles. The minimum absolute atomic E-state index is 0.170. The van der Waals surface area contributed by atoms with E-state index in [1.54, 1.807) is 39.0 Å². The van der Waals surface area contributed by atoms with E-state index in [2.05, 4.69) is 6.58 Å². The van der Waals surface area contributed by atoms with Crippen LogP contribution in [-0.2, 0) is 16.0 Å². The van der Waals surface area contributed by atoms with Crippen LogP contribution in [0.2, 0.25) is 0 Å². The number of ether oxygens (including phenoxy) is 2. The van der Waals surface area contributed by atoms with Crippen LogP contribution in [0.5, 0.6) is 11.5 Å². The van der Waals surface area contributed by atoms with Gasteiger partial charge in [-0.05, 0) is 54.3 Å². The van der Waals surface area contributed by atoms with Crippen molar-refractivity contribution < 1.29 is 19.1 Å². The molecule has 0 amide bonds. The fourth-order valence-corrected chi connectivity index (χ4v) is 2.27. The molecule has 0 N–H and O–H groups in total. The first-order valence-electron chi connectivity index (χ1n) is 8.64. The maximum atomic E-state index is 11.7. The highest BCUT2D eigenvalue weighted by Gasteiger charge is 2.12. The average molecular weight is 352 g/mol. The molecule has 0 atom stereocenters. The fraction of sp³-hybridized carbons (Fsp3) is 0.273. The van der Waals surface area contributed by atoms with E-state index < -0.39 is 5.97 Å². The van der Waals surface area contributed by atoms with Gasteiger partial charge in [0.05, 0.1) is 5.92 Å². The maximum Gasteiger partial charge on any atom is 0.338 e. The summed E-state index contributed by atoms with van der Waals surface area (Å²) in [5.74, 6) is 0.219. The third-order valence-electron chi connectivity index (χ3n) is 3.87. The molecule has 136 valence electrons. The minimum atomic E-state index is -0.427. The van der Waals surface area contributed by atoms with E-state index >= 15 is 0 Å². The lowest BCUT2D eigenvalue weighted by Gasteiger charge is -2.12. The Kier molecular flexibility index (Phi) is 6.34. The molecule has 0 unspecified atom stereocenters. The van der Waals surface area contributed by atoms with Gasteiger partial charge in [-0.1, -0.05) is 45.5 Å². The summed E-state index contributed by atoms with van der Waals surface area (Å²) < 4.78 is 10.7. The van der Waals surface area contributed by atoms with Gasteiger partial charge in [-0.15, -0.1) is 0 Å². The van der Waals surface area contributed by atoms with Gasteiger partial charge in [0.25, 0.3) is 0 Å². The van der Waals surface area contributed by atoms with Gasteiger partial charge in [-0.2, -0.15) is 0 Å². The van der Waals surface area contributed by atoms with E-state index in [9.17, 15) is 9.59 Å². The topological polar surface area (TPSA) is 52.6 Å². The van der Waals surface area contributed by atoms with E-state index in [1.165, 1.54) is 0 Å². The second-order valence-corrected chi connectivity index (χ2v) is 6.45. The van der Waals surface area contributed by atoms with Crippen molar-refractivity contribution in [3.05, 3.63) is 60.2 Å². The number of esters is 2. The monoisotopic (exact) mass is 352 g/mol. The Morgan fingerprint density at radius 1 is 1.00 bits per heavy atom. The Balaban J connectivity index is 2.22. The second kappa shape index (κ2) is 8.48. The van der Waals surface area contributed by atoms with E-state index in [1.807, 2.05) is 31.2 Å². The maximum absolute atomic E-state index is 11.7. The van der Waals surface area contributed by atoms with Gasteiger partial charge >= 0.3 is 11.9 Å². The number of hydrogen-bond acceptors (Lipinski definition) is 4. The van der Waals surface area contributed by atoms with Crippen LogP contribution in [0.25, 0.3) is 11.1 Å². The molecule has 2 rings (SSSR count). The molecule has 0 radical (unpaired) electrons. The molecule has 2 aromatic rings. The molecule has 0 fully saturated rings. The molecule has 0 heterocycles. The number of carbonyl (C=O) groups excluding carboxylic acids is 2. The zero-order valence-corrected chi connectivity index (χ0v) is 15.7. The van der Waals surface area contributed by atoms with Gasteiger partial charge < -0.3 is 9.47 Å². The Morgan fingerprint density at radius 2 is 1.62 bits per heavy atom. The van der Waals surface area contributed by atoms with E-state index in [0.717, 1.165) is 23.1 Å². The molecule has 0 aromatic heterocycles. The molecule has 0 saturated heterocycles. The van der Waals surface area contributed by atoms with Crippen molar-refractivity contribution in [1.82, 2.24) is 0 Å². The molecule has 0 saturated carbocycles. The Labute approximate surface area is 154 Å². The van der Waals surface area contributed by atoms with Gasteiger partial charge in [0.2, 0.25) is 0 Å². The van der Waals surface area contributed by atoms with Crippen molar-refractivity contribution in [2.45, 2.75) is 34.1 Å². The summed E-state index contributed by atoms with van der Waals surface area (Å²) in [7, 11) is 0. The van der Waals surface area contributed by atoms with Crippen LogP contribution in [-0.4, -0.2) is 11.9 Å². The van der Waals surface area contributed by atoms with Crippen molar-refractivity contribution in [2.24, 2.45) is 5.92 Å². The molecule has 4 nitrogen and oxygen atoms in total. The lowest BCUT2D eigenvalue weighted by Crippen LogP contribution is -2.14. The largest absolute Gasteiger partial charge is 0.426 e. The standard InChI is InChI=1S/C22H24O4/c1-6-16-13-18(9-12-20(16)26-22(24)15(4)5)17-7-10-19(11-8-17)25-21(23)14(2)3/h7-14H,4,6H2,1-3,5H3. The zero-order chi connectivity index (χ0) is 19.3. The minimum Gasteiger partial charge on any atom is -0.426 e. The summed E-state index contributed by atoms with van der Waals surface area (Å²) >= 11 is 0. The fourth-order valence-electron chi connectivity index (χ4n) is 2.27. The second-order valence-electron chi connectivity index (χ2n) is 6.45. The van der Waals surface area contributed by atoms with Crippen LogP contribution in [0.3, 0.4) is 0 Å². The van der Waals surface area contributed by atoms with E-state index in [4.69, 9.17) is 9.47 Å². The van der Waals surface area contributed by atoms with Crippen LogP contribution < -0.4 is 9.47 Å². The molecule has 4 heteroatoms. The first-order chi connectivity index (χ1) is 12.3. The molecular formula is C22H24O4. The number of aryl methyl sites for hydroxylation is 1. The first-order valence-corrected chi connectivity index (χ1v) is 8.64. The highest BCUT2D eigenvalue weighted by molar-refractivity contribution is 5.89. The highest BCUT2D eigenvalue weighted by Crippen LogP contribution is 2.29. The Bertz CT molecular complexity index is 817. The molecular weight excluding hydrogens is 328 g/mol. The SMILES string of the molecule is C=C(C)C(=O)Oc1ccc(-c2ccc(OC(=O)C(C)C)cc2)cc1CC. The molecule has 26 heavy (non-hydrogen) atoms. The Hall–Kier alpha value is -2.88. The normalized spacial score (nSPS) is 10.5. The predicted molar refractivity (Wildman–Crippen MR) is 102 cm³/mol. The third-order valence-corrected chi connectivity index (χ3v) is 3.87. The summed E-state index contributed by atoms with van der Waals surface area (Å²) in [5.41, 5.74) is 3.29. The molecule has 2 aromatic carbocycles. The van der Waals surface area contributed by atoms with Gasteiger partial charge in [-0.3, -0.25) is 4.79 Å². The molecule has 0 spiro atoms. The van der Waals surface area contributed by atoms with Crippen LogP contribution in [0.15, 0.2) is 54.6 Å². The van der Waals surface area contributed by atoms with Crippen LogP contribution >= 0.6 is 0 Å². The van der Waals surface area contributed by atoms with Crippen molar-refractivity contribution in [3.63, 3.8) is 0 Å². The summed E-state index contributed by atoms with van der Waals surface area (Å²) in [6.07, 6.45) is 0.733. The van der Waals surface area contributed by atoms with Crippen molar-refractivity contribution in [1.29, 1.82) is 0 Å². The summed E-state index contributed by atoms with van der Waals surface area (Å²) in [4.78, 5) is 23.4. The lowest BCUT2D eigenvalue weighted by atomic mass is 10.0. The van der Waals surface area contributed by atoms with Crippen molar-refractivity contribution in [2.75, 3.05) is 0 Å². The molecule has 0 aliphatic carbocycles. The van der Waals surface area contributed by atoms with Crippen molar-refractivity contribution in [3.8, 4) is 22.6 Å². The number of hydrogen-bond donors (Lipinski definition) is 0. The van der Waals surface area contributed by atoms with Crippen LogP contribution in [0.1, 0.15) is 33.3 Å².